The van der Waals surface area contributed by atoms with E-state index in [9.17, 15) is 9.59 Å². The minimum atomic E-state index is -0.436. The van der Waals surface area contributed by atoms with Crippen molar-refractivity contribution < 1.29 is 19.1 Å². The Morgan fingerprint density at radius 1 is 1.29 bits per heavy atom. The van der Waals surface area contributed by atoms with E-state index in [0.717, 1.165) is 20.3 Å². The van der Waals surface area contributed by atoms with Crippen molar-refractivity contribution in [2.45, 2.75) is 13.3 Å². The standard InChI is InChI=1S/C15H15BrO4S/c1-8(15(18)20-3)4-11(17)14-6-9-5-10(16)12(19-2)7-13(9)21-14/h5-8H,4H2,1-3H3. The van der Waals surface area contributed by atoms with Crippen molar-refractivity contribution in [1.29, 1.82) is 0 Å². The van der Waals surface area contributed by atoms with E-state index in [1.165, 1.54) is 18.4 Å². The predicted octanol–water partition coefficient (Wildman–Crippen LogP) is 4.05. The molecule has 0 aliphatic heterocycles. The summed E-state index contributed by atoms with van der Waals surface area (Å²) in [5.74, 6) is -0.127. The van der Waals surface area contributed by atoms with Crippen molar-refractivity contribution in [2.24, 2.45) is 5.92 Å². The number of ketones is 1. The Bertz CT molecular complexity index is 692. The molecule has 2 aromatic rings. The second kappa shape index (κ2) is 6.58. The van der Waals surface area contributed by atoms with Gasteiger partial charge in [-0.2, -0.15) is 0 Å². The van der Waals surface area contributed by atoms with Gasteiger partial charge >= 0.3 is 5.97 Å². The third-order valence-corrected chi connectivity index (χ3v) is 4.92. The molecule has 0 bridgehead atoms. The molecule has 0 aliphatic carbocycles. The second-order valence-corrected chi connectivity index (χ2v) is 6.62. The molecule has 0 amide bonds. The number of esters is 1. The van der Waals surface area contributed by atoms with E-state index in [-0.39, 0.29) is 18.2 Å². The van der Waals surface area contributed by atoms with Crippen molar-refractivity contribution in [3.8, 4) is 5.75 Å². The number of carbonyl (C=O) groups is 2. The molecule has 0 aliphatic rings. The zero-order valence-electron chi connectivity index (χ0n) is 11.9. The van der Waals surface area contributed by atoms with Crippen LogP contribution >= 0.6 is 27.3 Å². The Balaban J connectivity index is 2.26. The first-order chi connectivity index (χ1) is 9.96. The molecular formula is C15H15BrO4S. The first kappa shape index (κ1) is 16.0. The zero-order chi connectivity index (χ0) is 15.6. The van der Waals surface area contributed by atoms with Crippen molar-refractivity contribution in [3.63, 3.8) is 0 Å². The summed E-state index contributed by atoms with van der Waals surface area (Å²) in [5.41, 5.74) is 0. The highest BCUT2D eigenvalue weighted by atomic mass is 79.9. The summed E-state index contributed by atoms with van der Waals surface area (Å²) in [6, 6.07) is 5.66. The van der Waals surface area contributed by atoms with Gasteiger partial charge in [0.15, 0.2) is 5.78 Å². The number of benzene rings is 1. The Hall–Kier alpha value is -1.40. The van der Waals surface area contributed by atoms with Crippen LogP contribution in [0.1, 0.15) is 23.0 Å². The number of halogens is 1. The lowest BCUT2D eigenvalue weighted by atomic mass is 10.0. The minimum absolute atomic E-state index is 0.0517. The molecule has 2 rings (SSSR count). The van der Waals surface area contributed by atoms with Gasteiger partial charge in [-0.1, -0.05) is 6.92 Å². The molecule has 21 heavy (non-hydrogen) atoms. The van der Waals surface area contributed by atoms with Gasteiger partial charge in [0.2, 0.25) is 0 Å². The molecule has 0 saturated heterocycles. The first-order valence-electron chi connectivity index (χ1n) is 6.34. The topological polar surface area (TPSA) is 52.6 Å². The van der Waals surface area contributed by atoms with E-state index >= 15 is 0 Å². The Morgan fingerprint density at radius 2 is 2.00 bits per heavy atom. The number of Topliss-reactive ketones (excluding diaryl/α,β-unsaturated/α-hetero) is 1. The highest BCUT2D eigenvalue weighted by Gasteiger charge is 2.20. The molecule has 1 unspecified atom stereocenters. The monoisotopic (exact) mass is 370 g/mol. The normalized spacial score (nSPS) is 12.2. The molecule has 1 aromatic heterocycles. The minimum Gasteiger partial charge on any atom is -0.496 e. The van der Waals surface area contributed by atoms with Crippen molar-refractivity contribution >= 4 is 49.1 Å². The van der Waals surface area contributed by atoms with Crippen LogP contribution in [0.15, 0.2) is 22.7 Å². The molecule has 112 valence electrons. The van der Waals surface area contributed by atoms with Gasteiger partial charge in [0.25, 0.3) is 0 Å². The summed E-state index contributed by atoms with van der Waals surface area (Å²) in [4.78, 5) is 24.3. The lowest BCUT2D eigenvalue weighted by Gasteiger charge is -2.06. The summed E-state index contributed by atoms with van der Waals surface area (Å²) in [6.07, 6.45) is 0.151. The van der Waals surface area contributed by atoms with E-state index in [2.05, 4.69) is 20.7 Å². The maximum Gasteiger partial charge on any atom is 0.308 e. The number of rotatable bonds is 5. The van der Waals surface area contributed by atoms with Gasteiger partial charge in [0, 0.05) is 11.1 Å². The van der Waals surface area contributed by atoms with Gasteiger partial charge in [0.1, 0.15) is 5.75 Å². The van der Waals surface area contributed by atoms with E-state index < -0.39 is 5.92 Å². The molecule has 6 heteroatoms. The number of fused-ring (bicyclic) bond motifs is 1. The predicted molar refractivity (Wildman–Crippen MR) is 86.2 cm³/mol. The Kier molecular flexibility index (Phi) is 5.00. The smallest absolute Gasteiger partial charge is 0.308 e. The molecule has 0 radical (unpaired) electrons. The van der Waals surface area contributed by atoms with Crippen LogP contribution in [0, 0.1) is 5.92 Å². The summed E-state index contributed by atoms with van der Waals surface area (Å²) >= 11 is 4.83. The molecule has 1 atom stereocenters. The lowest BCUT2D eigenvalue weighted by Crippen LogP contribution is -2.16. The number of thiophene rings is 1. The fourth-order valence-electron chi connectivity index (χ4n) is 2.00. The SMILES string of the molecule is COC(=O)C(C)CC(=O)c1cc2cc(Br)c(OC)cc2s1. The number of carbonyl (C=O) groups excluding carboxylic acids is 2. The van der Waals surface area contributed by atoms with Crippen LogP contribution in [0.4, 0.5) is 0 Å². The summed E-state index contributed by atoms with van der Waals surface area (Å²) < 4.78 is 11.7. The number of hydrogen-bond donors (Lipinski definition) is 0. The maximum absolute atomic E-state index is 12.2. The summed E-state index contributed by atoms with van der Waals surface area (Å²) in [7, 11) is 2.93. The van der Waals surface area contributed by atoms with Crippen LogP contribution in [0.25, 0.3) is 10.1 Å². The third-order valence-electron chi connectivity index (χ3n) is 3.16. The molecular weight excluding hydrogens is 356 g/mol. The van der Waals surface area contributed by atoms with Gasteiger partial charge in [-0.3, -0.25) is 9.59 Å². The largest absolute Gasteiger partial charge is 0.496 e. The molecule has 1 aromatic carbocycles. The van der Waals surface area contributed by atoms with Crippen molar-refractivity contribution in [3.05, 3.63) is 27.5 Å². The Labute approximate surface area is 135 Å². The van der Waals surface area contributed by atoms with Crippen molar-refractivity contribution in [1.82, 2.24) is 0 Å². The van der Waals surface area contributed by atoms with Crippen LogP contribution in [-0.4, -0.2) is 26.0 Å². The van der Waals surface area contributed by atoms with Crippen LogP contribution in [-0.2, 0) is 9.53 Å². The van der Waals surface area contributed by atoms with E-state index in [0.29, 0.717) is 4.88 Å². The van der Waals surface area contributed by atoms with Crippen LogP contribution in [0.2, 0.25) is 0 Å². The molecule has 4 nitrogen and oxygen atoms in total. The number of methoxy groups -OCH3 is 2. The second-order valence-electron chi connectivity index (χ2n) is 4.69. The van der Waals surface area contributed by atoms with Gasteiger partial charge in [-0.25, -0.2) is 0 Å². The molecule has 1 heterocycles. The van der Waals surface area contributed by atoms with Crippen LogP contribution < -0.4 is 4.74 Å². The molecule has 0 fully saturated rings. The van der Waals surface area contributed by atoms with Gasteiger partial charge in [-0.05, 0) is 39.5 Å². The number of hydrogen-bond acceptors (Lipinski definition) is 5. The van der Waals surface area contributed by atoms with E-state index in [1.807, 2.05) is 18.2 Å². The third kappa shape index (κ3) is 3.44. The molecule has 0 saturated carbocycles. The van der Waals surface area contributed by atoms with Gasteiger partial charge in [-0.15, -0.1) is 11.3 Å². The average Bonchev–Trinajstić information content (AvgIpc) is 2.87. The van der Waals surface area contributed by atoms with Gasteiger partial charge < -0.3 is 9.47 Å². The molecule has 0 N–H and O–H groups in total. The van der Waals surface area contributed by atoms with Crippen LogP contribution in [0.3, 0.4) is 0 Å². The fourth-order valence-corrected chi connectivity index (χ4v) is 3.54. The first-order valence-corrected chi connectivity index (χ1v) is 7.95. The number of ether oxygens (including phenoxy) is 2. The molecule has 0 spiro atoms. The summed E-state index contributed by atoms with van der Waals surface area (Å²) in [5, 5.41) is 0.974. The van der Waals surface area contributed by atoms with Gasteiger partial charge in [0.05, 0.1) is 29.5 Å². The van der Waals surface area contributed by atoms with Crippen LogP contribution in [0.5, 0.6) is 5.75 Å². The highest BCUT2D eigenvalue weighted by Crippen LogP contribution is 2.35. The van der Waals surface area contributed by atoms with Crippen molar-refractivity contribution in [2.75, 3.05) is 14.2 Å². The quantitative estimate of drug-likeness (QED) is 0.588. The summed E-state index contributed by atoms with van der Waals surface area (Å²) in [6.45, 7) is 1.69. The fraction of sp³-hybridized carbons (Fsp3) is 0.333. The van der Waals surface area contributed by atoms with E-state index in [1.54, 1.807) is 14.0 Å². The Morgan fingerprint density at radius 3 is 2.62 bits per heavy atom. The van der Waals surface area contributed by atoms with E-state index in [4.69, 9.17) is 4.74 Å². The lowest BCUT2D eigenvalue weighted by molar-refractivity contribution is -0.144. The average molecular weight is 371 g/mol. The maximum atomic E-state index is 12.2. The highest BCUT2D eigenvalue weighted by molar-refractivity contribution is 9.10. The zero-order valence-corrected chi connectivity index (χ0v) is 14.3.